The van der Waals surface area contributed by atoms with Crippen LogP contribution in [0.2, 0.25) is 5.02 Å². The number of nitrogens with zero attached hydrogens (tertiary/aromatic N) is 2. The van der Waals surface area contributed by atoms with E-state index in [4.69, 9.17) is 11.6 Å². The lowest BCUT2D eigenvalue weighted by atomic mass is 10.0. The van der Waals surface area contributed by atoms with Gasteiger partial charge in [-0.15, -0.1) is 11.8 Å². The van der Waals surface area contributed by atoms with E-state index < -0.39 is 21.3 Å². The number of anilines is 1. The number of para-hydroxylation sites is 1. The van der Waals surface area contributed by atoms with Gasteiger partial charge in [-0.1, -0.05) is 60.1 Å². The first-order chi connectivity index (χ1) is 15.7. The molecule has 3 aromatic rings. The maximum Gasteiger partial charge on any atom is 0.268 e. The molecule has 1 fully saturated rings. The molecule has 1 saturated heterocycles. The average molecular weight is 481 g/mol. The highest BCUT2D eigenvalue weighted by Gasteiger charge is 2.63. The second-order valence-corrected chi connectivity index (χ2v) is 11.2. The summed E-state index contributed by atoms with van der Waals surface area (Å²) in [4.78, 5) is 29.8. The van der Waals surface area contributed by atoms with Crippen molar-refractivity contribution in [2.75, 3.05) is 11.4 Å². The molecule has 168 valence electrons. The van der Waals surface area contributed by atoms with Crippen LogP contribution in [0.3, 0.4) is 0 Å². The monoisotopic (exact) mass is 480 g/mol. The first-order valence-electron chi connectivity index (χ1n) is 10.7. The van der Waals surface area contributed by atoms with Crippen LogP contribution in [-0.4, -0.2) is 28.0 Å². The van der Waals surface area contributed by atoms with E-state index >= 15 is 0 Å². The Morgan fingerprint density at radius 2 is 1.70 bits per heavy atom. The maximum atomic E-state index is 14.6. The number of hydrogen-bond acceptors (Lipinski definition) is 3. The van der Waals surface area contributed by atoms with Crippen LogP contribution in [-0.2, 0) is 16.2 Å². The summed E-state index contributed by atoms with van der Waals surface area (Å²) in [6, 6.07) is 20.8. The number of benzene rings is 3. The summed E-state index contributed by atoms with van der Waals surface area (Å²) in [6.45, 7) is 4.59. The molecule has 3 aromatic carbocycles. The Hall–Kier alpha value is -2.83. The lowest BCUT2D eigenvalue weighted by Gasteiger charge is -2.33. The highest BCUT2D eigenvalue weighted by atomic mass is 35.5. The smallest absolute Gasteiger partial charge is 0.268 e. The molecule has 0 unspecified atom stereocenters. The van der Waals surface area contributed by atoms with Crippen molar-refractivity contribution in [3.63, 3.8) is 0 Å². The molecule has 0 N–H and O–H groups in total. The zero-order valence-corrected chi connectivity index (χ0v) is 19.8. The van der Waals surface area contributed by atoms with E-state index in [0.717, 1.165) is 16.8 Å². The average Bonchev–Trinajstić information content (AvgIpc) is 3.21. The summed E-state index contributed by atoms with van der Waals surface area (Å²) >= 11 is 7.84. The van der Waals surface area contributed by atoms with Crippen molar-refractivity contribution in [2.24, 2.45) is 0 Å². The van der Waals surface area contributed by atoms with E-state index in [1.165, 1.54) is 23.9 Å². The summed E-state index contributed by atoms with van der Waals surface area (Å²) in [5.41, 5.74) is 2.25. The fourth-order valence-electron chi connectivity index (χ4n) is 4.69. The third-order valence-electron chi connectivity index (χ3n) is 6.07. The number of halogens is 2. The van der Waals surface area contributed by atoms with Crippen molar-refractivity contribution >= 4 is 40.9 Å². The number of rotatable bonds is 3. The Morgan fingerprint density at radius 1 is 1.03 bits per heavy atom. The molecule has 1 atom stereocenters. The quantitative estimate of drug-likeness (QED) is 0.472. The van der Waals surface area contributed by atoms with Crippen molar-refractivity contribution in [1.29, 1.82) is 0 Å². The molecular weight excluding hydrogens is 459 g/mol. The van der Waals surface area contributed by atoms with E-state index in [0.29, 0.717) is 11.6 Å². The van der Waals surface area contributed by atoms with Gasteiger partial charge >= 0.3 is 0 Å². The summed E-state index contributed by atoms with van der Waals surface area (Å²) < 4.78 is 14.2. The Labute approximate surface area is 201 Å². The zero-order valence-electron chi connectivity index (χ0n) is 18.2. The standard InChI is InChI=1S/C26H22ClFN2O2S/c1-25(2)16-30(23(31)18-10-4-7-13-21(18)28)26(33-25)19-11-5-8-14-22(19)29(24(26)32)15-17-9-3-6-12-20(17)27/h3-14H,15-16H2,1-2H3/t26-/m1/s1. The van der Waals surface area contributed by atoms with Crippen LogP contribution in [0.5, 0.6) is 0 Å². The van der Waals surface area contributed by atoms with Crippen LogP contribution in [0.15, 0.2) is 72.8 Å². The summed E-state index contributed by atoms with van der Waals surface area (Å²) in [7, 11) is 0. The van der Waals surface area contributed by atoms with Crippen LogP contribution in [0.1, 0.15) is 35.3 Å². The highest BCUT2D eigenvalue weighted by Crippen LogP contribution is 2.60. The minimum absolute atomic E-state index is 0.0370. The maximum absolute atomic E-state index is 14.6. The van der Waals surface area contributed by atoms with Gasteiger partial charge in [0, 0.05) is 21.9 Å². The van der Waals surface area contributed by atoms with Crippen molar-refractivity contribution in [3.8, 4) is 0 Å². The number of carbonyl (C=O) groups excluding carboxylic acids is 2. The van der Waals surface area contributed by atoms with Crippen LogP contribution in [0.4, 0.5) is 10.1 Å². The second kappa shape index (κ2) is 7.89. The predicted molar refractivity (Wildman–Crippen MR) is 130 cm³/mol. The van der Waals surface area contributed by atoms with Gasteiger partial charge in [-0.25, -0.2) is 4.39 Å². The van der Waals surface area contributed by atoms with Gasteiger partial charge in [0.05, 0.1) is 17.8 Å². The molecule has 4 nitrogen and oxygen atoms in total. The molecule has 0 bridgehead atoms. The van der Waals surface area contributed by atoms with Gasteiger partial charge in [0.1, 0.15) is 5.82 Å². The topological polar surface area (TPSA) is 40.6 Å². The molecule has 0 saturated carbocycles. The van der Waals surface area contributed by atoms with Gasteiger partial charge in [0.15, 0.2) is 4.87 Å². The molecule has 0 aliphatic carbocycles. The van der Waals surface area contributed by atoms with E-state index in [2.05, 4.69) is 0 Å². The zero-order chi connectivity index (χ0) is 23.4. The highest BCUT2D eigenvalue weighted by molar-refractivity contribution is 8.02. The lowest BCUT2D eigenvalue weighted by molar-refractivity contribution is -0.123. The number of carbonyl (C=O) groups is 2. The van der Waals surface area contributed by atoms with Crippen molar-refractivity contribution in [1.82, 2.24) is 4.90 Å². The van der Waals surface area contributed by atoms with Crippen LogP contribution >= 0.6 is 23.4 Å². The van der Waals surface area contributed by atoms with E-state index in [-0.39, 0.29) is 18.0 Å². The minimum Gasteiger partial charge on any atom is -0.310 e. The normalized spacial score (nSPS) is 21.0. The number of hydrogen-bond donors (Lipinski definition) is 0. The molecule has 0 aromatic heterocycles. The fraction of sp³-hybridized carbons (Fsp3) is 0.231. The molecular formula is C26H22ClFN2O2S. The molecule has 2 aliphatic heterocycles. The lowest BCUT2D eigenvalue weighted by Crippen LogP contribution is -2.50. The van der Waals surface area contributed by atoms with Crippen molar-refractivity contribution < 1.29 is 14.0 Å². The third-order valence-corrected chi connectivity index (χ3v) is 8.03. The Bertz CT molecular complexity index is 1280. The molecule has 5 rings (SSSR count). The molecule has 2 aliphatic rings. The van der Waals surface area contributed by atoms with Gasteiger partial charge in [0.25, 0.3) is 11.8 Å². The molecule has 7 heteroatoms. The minimum atomic E-state index is -1.28. The first kappa shape index (κ1) is 22.0. The largest absolute Gasteiger partial charge is 0.310 e. The van der Waals surface area contributed by atoms with Crippen LogP contribution < -0.4 is 4.90 Å². The number of fused-ring (bicyclic) bond motifs is 2. The molecule has 2 heterocycles. The van der Waals surface area contributed by atoms with E-state index in [9.17, 15) is 14.0 Å². The number of thioether (sulfide) groups is 1. The van der Waals surface area contributed by atoms with Crippen molar-refractivity contribution in [3.05, 3.63) is 100 Å². The van der Waals surface area contributed by atoms with Gasteiger partial charge in [-0.3, -0.25) is 9.59 Å². The van der Waals surface area contributed by atoms with E-state index in [1.54, 1.807) is 28.0 Å². The van der Waals surface area contributed by atoms with Gasteiger partial charge in [-0.05, 0) is 43.7 Å². The molecule has 33 heavy (non-hydrogen) atoms. The SMILES string of the molecule is CC1(C)CN(C(=O)c2ccccc2F)[C@]2(S1)C(=O)N(Cc1ccccc1Cl)c1ccccc12. The summed E-state index contributed by atoms with van der Waals surface area (Å²) in [5.74, 6) is -1.31. The molecule has 2 amide bonds. The van der Waals surface area contributed by atoms with Crippen LogP contribution in [0, 0.1) is 5.82 Å². The Balaban J connectivity index is 1.65. The van der Waals surface area contributed by atoms with Gasteiger partial charge in [0.2, 0.25) is 0 Å². The first-order valence-corrected chi connectivity index (χ1v) is 11.9. The van der Waals surface area contributed by atoms with E-state index in [1.807, 2.05) is 56.3 Å². The van der Waals surface area contributed by atoms with Gasteiger partial charge < -0.3 is 9.80 Å². The fourth-order valence-corrected chi connectivity index (χ4v) is 6.62. The summed E-state index contributed by atoms with van der Waals surface area (Å²) in [5, 5.41) is 0.572. The summed E-state index contributed by atoms with van der Waals surface area (Å²) in [6.07, 6.45) is 0. The van der Waals surface area contributed by atoms with Gasteiger partial charge in [-0.2, -0.15) is 0 Å². The Kier molecular flexibility index (Phi) is 5.26. The van der Waals surface area contributed by atoms with Crippen molar-refractivity contribution in [2.45, 2.75) is 30.0 Å². The molecule has 0 radical (unpaired) electrons. The Morgan fingerprint density at radius 3 is 2.45 bits per heavy atom. The molecule has 1 spiro atoms. The third kappa shape index (κ3) is 3.44. The predicted octanol–water partition coefficient (Wildman–Crippen LogP) is 5.85. The number of amides is 2. The van der Waals surface area contributed by atoms with Crippen LogP contribution in [0.25, 0.3) is 0 Å². The second-order valence-electron chi connectivity index (χ2n) is 8.88.